The van der Waals surface area contributed by atoms with Crippen LogP contribution in [0.15, 0.2) is 30.5 Å². The van der Waals surface area contributed by atoms with E-state index >= 15 is 0 Å². The van der Waals surface area contributed by atoms with Gasteiger partial charge in [0.2, 0.25) is 0 Å². The number of nitrogens with zero attached hydrogens (tertiary/aromatic N) is 3. The lowest BCUT2D eigenvalue weighted by Crippen LogP contribution is -2.38. The Bertz CT molecular complexity index is 744. The third-order valence-electron chi connectivity index (χ3n) is 4.75. The molecular weight excluding hydrogens is 318 g/mol. The van der Waals surface area contributed by atoms with E-state index in [1.165, 1.54) is 4.90 Å². The Labute approximate surface area is 148 Å². The Balaban J connectivity index is 1.95. The highest BCUT2D eigenvalue weighted by Crippen LogP contribution is 2.31. The Morgan fingerprint density at radius 3 is 2.88 bits per heavy atom. The summed E-state index contributed by atoms with van der Waals surface area (Å²) >= 11 is 0. The molecule has 1 aliphatic heterocycles. The number of hydrogen-bond donors (Lipinski definition) is 0. The van der Waals surface area contributed by atoms with Gasteiger partial charge in [0.25, 0.3) is 0 Å². The van der Waals surface area contributed by atoms with Crippen LogP contribution in [0.5, 0.6) is 5.75 Å². The van der Waals surface area contributed by atoms with Crippen molar-refractivity contribution in [3.63, 3.8) is 0 Å². The van der Waals surface area contributed by atoms with Crippen LogP contribution < -0.4 is 4.74 Å². The number of benzene rings is 1. The molecule has 1 aromatic heterocycles. The highest BCUT2D eigenvalue weighted by Gasteiger charge is 2.21. The lowest BCUT2D eigenvalue weighted by Gasteiger charge is -2.32. The van der Waals surface area contributed by atoms with Crippen LogP contribution in [0.1, 0.15) is 25.5 Å². The molecule has 3 rings (SSSR count). The largest absolute Gasteiger partial charge is 0.415 e. The topological polar surface area (TPSA) is 54.9 Å². The van der Waals surface area contributed by atoms with Gasteiger partial charge in [-0.15, -0.1) is 0 Å². The number of pyridine rings is 1. The molecular formula is C19H25N3O3. The zero-order valence-electron chi connectivity index (χ0n) is 15.1. The van der Waals surface area contributed by atoms with Gasteiger partial charge in [-0.05, 0) is 37.6 Å². The molecule has 6 heteroatoms. The minimum atomic E-state index is -0.370. The van der Waals surface area contributed by atoms with Gasteiger partial charge in [0, 0.05) is 44.3 Å². The predicted molar refractivity (Wildman–Crippen MR) is 96.9 cm³/mol. The van der Waals surface area contributed by atoms with Gasteiger partial charge in [0.15, 0.2) is 5.75 Å². The van der Waals surface area contributed by atoms with E-state index in [0.29, 0.717) is 17.8 Å². The fourth-order valence-corrected chi connectivity index (χ4v) is 2.98. The van der Waals surface area contributed by atoms with Crippen LogP contribution in [-0.2, 0) is 4.74 Å². The van der Waals surface area contributed by atoms with Crippen LogP contribution in [0.2, 0.25) is 0 Å². The van der Waals surface area contributed by atoms with Crippen molar-refractivity contribution in [2.24, 2.45) is 0 Å². The molecule has 1 aliphatic rings. The van der Waals surface area contributed by atoms with Gasteiger partial charge < -0.3 is 14.4 Å². The van der Waals surface area contributed by atoms with E-state index in [-0.39, 0.29) is 12.1 Å². The number of carbonyl (C=O) groups is 1. The Morgan fingerprint density at radius 2 is 2.16 bits per heavy atom. The number of fused-ring (bicyclic) bond motifs is 1. The number of aromatic nitrogens is 1. The first-order valence-corrected chi connectivity index (χ1v) is 8.73. The quantitative estimate of drug-likeness (QED) is 0.854. The third kappa shape index (κ3) is 3.91. The number of hydrogen-bond acceptors (Lipinski definition) is 5. The first-order chi connectivity index (χ1) is 12.1. The minimum Gasteiger partial charge on any atom is -0.408 e. The van der Waals surface area contributed by atoms with Crippen LogP contribution in [0.25, 0.3) is 10.9 Å². The van der Waals surface area contributed by atoms with Crippen molar-refractivity contribution in [3.8, 4) is 5.75 Å². The maximum Gasteiger partial charge on any atom is 0.415 e. The summed E-state index contributed by atoms with van der Waals surface area (Å²) in [5.74, 6) is 0.513. The molecule has 1 saturated heterocycles. The van der Waals surface area contributed by atoms with Gasteiger partial charge >= 0.3 is 6.09 Å². The summed E-state index contributed by atoms with van der Waals surface area (Å²) in [6.07, 6.45) is 1.35. The summed E-state index contributed by atoms with van der Waals surface area (Å²) in [6, 6.07) is 8.18. The lowest BCUT2D eigenvalue weighted by molar-refractivity contribution is 0.0198. The molecule has 0 spiro atoms. The number of amides is 1. The first kappa shape index (κ1) is 17.6. The first-order valence-electron chi connectivity index (χ1n) is 8.73. The smallest absolute Gasteiger partial charge is 0.408 e. The average Bonchev–Trinajstić information content (AvgIpc) is 2.67. The van der Waals surface area contributed by atoms with Crippen molar-refractivity contribution >= 4 is 17.0 Å². The predicted octanol–water partition coefficient (Wildman–Crippen LogP) is 3.08. The molecule has 0 aliphatic carbocycles. The Kier molecular flexibility index (Phi) is 5.50. The van der Waals surface area contributed by atoms with Gasteiger partial charge in [0.05, 0.1) is 13.2 Å². The molecule has 0 saturated carbocycles. The molecule has 1 fully saturated rings. The van der Waals surface area contributed by atoms with Crippen molar-refractivity contribution in [1.29, 1.82) is 0 Å². The summed E-state index contributed by atoms with van der Waals surface area (Å²) in [7, 11) is 1.72. The van der Waals surface area contributed by atoms with E-state index in [1.54, 1.807) is 13.2 Å². The van der Waals surface area contributed by atoms with E-state index in [9.17, 15) is 4.79 Å². The second-order valence-corrected chi connectivity index (χ2v) is 6.30. The standard InChI is InChI=1S/C19H25N3O3/c1-4-21(3)19(23)25-17-13-16(12-15-6-5-7-20-18(15)17)14(2)22-8-10-24-11-9-22/h5-7,12-14H,4,8-11H2,1-3H3. The zero-order valence-corrected chi connectivity index (χ0v) is 15.1. The Morgan fingerprint density at radius 1 is 1.40 bits per heavy atom. The van der Waals surface area contributed by atoms with Crippen LogP contribution in [0.4, 0.5) is 4.79 Å². The number of ether oxygens (including phenoxy) is 2. The highest BCUT2D eigenvalue weighted by atomic mass is 16.6. The Hall–Kier alpha value is -2.18. The molecule has 0 bridgehead atoms. The van der Waals surface area contributed by atoms with E-state index in [1.807, 2.05) is 25.1 Å². The zero-order chi connectivity index (χ0) is 17.8. The molecule has 6 nitrogen and oxygen atoms in total. The normalized spacial score (nSPS) is 16.6. The van der Waals surface area contributed by atoms with Crippen LogP contribution in [0, 0.1) is 0 Å². The molecule has 2 heterocycles. The van der Waals surface area contributed by atoms with Crippen molar-refractivity contribution < 1.29 is 14.3 Å². The number of carbonyl (C=O) groups excluding carboxylic acids is 1. The number of rotatable bonds is 4. The molecule has 1 amide bonds. The molecule has 2 aromatic rings. The van der Waals surface area contributed by atoms with E-state index < -0.39 is 0 Å². The van der Waals surface area contributed by atoms with E-state index in [4.69, 9.17) is 9.47 Å². The molecule has 0 radical (unpaired) electrons. The summed E-state index contributed by atoms with van der Waals surface area (Å²) in [6.45, 7) is 7.99. The second kappa shape index (κ2) is 7.80. The van der Waals surface area contributed by atoms with Crippen molar-refractivity contribution in [1.82, 2.24) is 14.8 Å². The lowest BCUT2D eigenvalue weighted by atomic mass is 10.0. The average molecular weight is 343 g/mol. The maximum atomic E-state index is 12.2. The monoisotopic (exact) mass is 343 g/mol. The summed E-state index contributed by atoms with van der Waals surface area (Å²) in [5, 5.41) is 0.974. The molecule has 1 atom stereocenters. The second-order valence-electron chi connectivity index (χ2n) is 6.30. The van der Waals surface area contributed by atoms with Gasteiger partial charge in [0.1, 0.15) is 5.52 Å². The fraction of sp³-hybridized carbons (Fsp3) is 0.474. The van der Waals surface area contributed by atoms with Gasteiger partial charge in [-0.1, -0.05) is 6.07 Å². The van der Waals surface area contributed by atoms with Crippen molar-refractivity contribution in [2.45, 2.75) is 19.9 Å². The minimum absolute atomic E-state index is 0.217. The van der Waals surface area contributed by atoms with Crippen LogP contribution in [0.3, 0.4) is 0 Å². The third-order valence-corrected chi connectivity index (χ3v) is 4.75. The molecule has 1 aromatic carbocycles. The van der Waals surface area contributed by atoms with Crippen molar-refractivity contribution in [3.05, 3.63) is 36.0 Å². The summed E-state index contributed by atoms with van der Waals surface area (Å²) in [4.78, 5) is 20.5. The van der Waals surface area contributed by atoms with E-state index in [0.717, 1.165) is 37.3 Å². The molecule has 134 valence electrons. The van der Waals surface area contributed by atoms with Crippen molar-refractivity contribution in [2.75, 3.05) is 39.9 Å². The highest BCUT2D eigenvalue weighted by molar-refractivity contribution is 5.87. The van der Waals surface area contributed by atoms with Gasteiger partial charge in [-0.2, -0.15) is 0 Å². The molecule has 1 unspecified atom stereocenters. The SMILES string of the molecule is CCN(C)C(=O)Oc1cc(C(C)N2CCOCC2)cc2cccnc12. The maximum absolute atomic E-state index is 12.2. The van der Waals surface area contributed by atoms with Gasteiger partial charge in [-0.3, -0.25) is 9.88 Å². The fourth-order valence-electron chi connectivity index (χ4n) is 2.98. The summed E-state index contributed by atoms with van der Waals surface area (Å²) in [5.41, 5.74) is 1.82. The van der Waals surface area contributed by atoms with Crippen LogP contribution >= 0.6 is 0 Å². The van der Waals surface area contributed by atoms with Gasteiger partial charge in [-0.25, -0.2) is 4.79 Å². The molecule has 25 heavy (non-hydrogen) atoms. The molecule has 0 N–H and O–H groups in total. The van der Waals surface area contributed by atoms with E-state index in [2.05, 4.69) is 22.9 Å². The number of morpholine rings is 1. The van der Waals surface area contributed by atoms with Crippen LogP contribution in [-0.4, -0.2) is 60.8 Å². The summed E-state index contributed by atoms with van der Waals surface area (Å²) < 4.78 is 11.1.